The number of hydrogen-bond acceptors (Lipinski definition) is 3. The van der Waals surface area contributed by atoms with Crippen LogP contribution in [-0.4, -0.2) is 16.9 Å². The van der Waals surface area contributed by atoms with Crippen molar-refractivity contribution in [2.75, 3.05) is 10.6 Å². The van der Waals surface area contributed by atoms with Gasteiger partial charge in [-0.25, -0.2) is 0 Å². The molecule has 6 heteroatoms. The Bertz CT molecular complexity index is 1080. The Morgan fingerprint density at radius 3 is 2.17 bits per heavy atom. The van der Waals surface area contributed by atoms with Gasteiger partial charge in [-0.2, -0.15) is 0 Å². The average molecular weight is 418 g/mol. The molecule has 3 aromatic rings. The lowest BCUT2D eigenvalue weighted by Crippen LogP contribution is -2.34. The monoisotopic (exact) mass is 417 g/mol. The maximum Gasteiger partial charge on any atom is 0.257 e. The van der Waals surface area contributed by atoms with Crippen LogP contribution in [-0.2, 0) is 6.42 Å². The molecule has 3 aromatic carbocycles. The maximum atomic E-state index is 12.5. The summed E-state index contributed by atoms with van der Waals surface area (Å²) in [6, 6.07) is 21.9. The molecule has 0 spiro atoms. The quantitative estimate of drug-likeness (QED) is 0.515. The molecule has 5 nitrogen and oxygen atoms in total. The molecule has 0 saturated heterocycles. The zero-order valence-corrected chi connectivity index (χ0v) is 17.7. The number of carbonyl (C=O) groups is 2. The normalized spacial score (nSPS) is 10.2. The molecule has 30 heavy (non-hydrogen) atoms. The lowest BCUT2D eigenvalue weighted by molar-refractivity contribution is 0.0976. The third-order valence-corrected chi connectivity index (χ3v) is 4.82. The Balaban J connectivity index is 1.61. The smallest absolute Gasteiger partial charge is 0.257 e. The van der Waals surface area contributed by atoms with Crippen molar-refractivity contribution in [1.29, 1.82) is 0 Å². The molecular weight excluding hydrogens is 394 g/mol. The molecule has 0 unspecified atom stereocenters. The van der Waals surface area contributed by atoms with Crippen molar-refractivity contribution in [3.8, 4) is 0 Å². The second-order valence-corrected chi connectivity index (χ2v) is 7.22. The van der Waals surface area contributed by atoms with E-state index in [9.17, 15) is 9.59 Å². The highest BCUT2D eigenvalue weighted by molar-refractivity contribution is 7.80. The van der Waals surface area contributed by atoms with Crippen LogP contribution < -0.4 is 16.0 Å². The second kappa shape index (κ2) is 9.80. The molecule has 0 aliphatic heterocycles. The summed E-state index contributed by atoms with van der Waals surface area (Å²) < 4.78 is 0. The van der Waals surface area contributed by atoms with Crippen LogP contribution in [0.2, 0.25) is 0 Å². The van der Waals surface area contributed by atoms with Crippen LogP contribution in [0.5, 0.6) is 0 Å². The number of amides is 2. The van der Waals surface area contributed by atoms with Gasteiger partial charge < -0.3 is 10.6 Å². The Hall–Kier alpha value is -3.51. The second-order valence-electron chi connectivity index (χ2n) is 6.81. The van der Waals surface area contributed by atoms with Gasteiger partial charge in [0.25, 0.3) is 11.8 Å². The summed E-state index contributed by atoms with van der Waals surface area (Å²) in [4.78, 5) is 24.9. The van der Waals surface area contributed by atoms with E-state index in [2.05, 4.69) is 22.9 Å². The van der Waals surface area contributed by atoms with Crippen molar-refractivity contribution in [1.82, 2.24) is 5.32 Å². The minimum Gasteiger partial charge on any atom is -0.332 e. The van der Waals surface area contributed by atoms with Crippen molar-refractivity contribution in [2.45, 2.75) is 20.3 Å². The van der Waals surface area contributed by atoms with E-state index in [0.717, 1.165) is 17.5 Å². The fourth-order valence-electron chi connectivity index (χ4n) is 2.93. The van der Waals surface area contributed by atoms with E-state index in [1.807, 2.05) is 37.3 Å². The third kappa shape index (κ3) is 5.52. The van der Waals surface area contributed by atoms with Gasteiger partial charge in [-0.15, -0.1) is 0 Å². The first-order valence-electron chi connectivity index (χ1n) is 9.64. The highest BCUT2D eigenvalue weighted by Crippen LogP contribution is 2.17. The molecule has 0 fully saturated rings. The van der Waals surface area contributed by atoms with E-state index in [0.29, 0.717) is 22.5 Å². The highest BCUT2D eigenvalue weighted by atomic mass is 32.1. The molecule has 0 aromatic heterocycles. The van der Waals surface area contributed by atoms with E-state index < -0.39 is 0 Å². The summed E-state index contributed by atoms with van der Waals surface area (Å²) in [5.74, 6) is -0.462. The van der Waals surface area contributed by atoms with Crippen molar-refractivity contribution in [2.24, 2.45) is 0 Å². The van der Waals surface area contributed by atoms with Crippen LogP contribution in [0.1, 0.15) is 38.8 Å². The van der Waals surface area contributed by atoms with Crippen LogP contribution in [0.4, 0.5) is 11.4 Å². The standard InChI is InChI=1S/C24H23N3O2S/c1-3-17-11-13-18(14-12-17)22(28)27-24(30)26-20-9-6-8-19(15-20)25-23(29)21-10-5-4-7-16(21)2/h4-15H,3H2,1-2H3,(H,25,29)(H2,26,27,28,30). The Kier molecular flexibility index (Phi) is 6.93. The van der Waals surface area contributed by atoms with Gasteiger partial charge in [-0.3, -0.25) is 14.9 Å². The molecule has 0 aliphatic rings. The molecule has 0 radical (unpaired) electrons. The van der Waals surface area contributed by atoms with E-state index >= 15 is 0 Å². The Morgan fingerprint density at radius 1 is 0.833 bits per heavy atom. The van der Waals surface area contributed by atoms with Crippen molar-refractivity contribution < 1.29 is 9.59 Å². The van der Waals surface area contributed by atoms with Crippen LogP contribution in [0.25, 0.3) is 0 Å². The number of nitrogens with one attached hydrogen (secondary N) is 3. The molecule has 152 valence electrons. The predicted octanol–water partition coefficient (Wildman–Crippen LogP) is 4.94. The number of carbonyl (C=O) groups excluding carboxylic acids is 2. The molecule has 0 bridgehead atoms. The molecule has 0 saturated carbocycles. The van der Waals surface area contributed by atoms with Gasteiger partial charge >= 0.3 is 0 Å². The largest absolute Gasteiger partial charge is 0.332 e. The fourth-order valence-corrected chi connectivity index (χ4v) is 3.14. The van der Waals surface area contributed by atoms with Gasteiger partial charge in [-0.1, -0.05) is 43.3 Å². The SMILES string of the molecule is CCc1ccc(C(=O)NC(=S)Nc2cccc(NC(=O)c3ccccc3C)c2)cc1. The van der Waals surface area contributed by atoms with Crippen molar-refractivity contribution in [3.05, 3.63) is 95.1 Å². The summed E-state index contributed by atoms with van der Waals surface area (Å²) in [5, 5.41) is 8.71. The van der Waals surface area contributed by atoms with Crippen LogP contribution in [0.3, 0.4) is 0 Å². The van der Waals surface area contributed by atoms with E-state index in [-0.39, 0.29) is 16.9 Å². The van der Waals surface area contributed by atoms with Gasteiger partial charge in [0.2, 0.25) is 0 Å². The topological polar surface area (TPSA) is 70.2 Å². The molecule has 3 N–H and O–H groups in total. The van der Waals surface area contributed by atoms with E-state index in [1.54, 1.807) is 42.5 Å². The third-order valence-electron chi connectivity index (χ3n) is 4.62. The van der Waals surface area contributed by atoms with Crippen LogP contribution >= 0.6 is 12.2 Å². The zero-order valence-electron chi connectivity index (χ0n) is 16.9. The Morgan fingerprint density at radius 2 is 1.50 bits per heavy atom. The summed E-state index contributed by atoms with van der Waals surface area (Å²) >= 11 is 5.26. The lowest BCUT2D eigenvalue weighted by atomic mass is 10.1. The van der Waals surface area contributed by atoms with Gasteiger partial charge in [0.05, 0.1) is 0 Å². The van der Waals surface area contributed by atoms with Gasteiger partial charge in [0, 0.05) is 22.5 Å². The predicted molar refractivity (Wildman–Crippen MR) is 125 cm³/mol. The van der Waals surface area contributed by atoms with Crippen molar-refractivity contribution >= 4 is 40.5 Å². The van der Waals surface area contributed by atoms with E-state index in [1.165, 1.54) is 0 Å². The highest BCUT2D eigenvalue weighted by Gasteiger charge is 2.10. The number of hydrogen-bond donors (Lipinski definition) is 3. The number of anilines is 2. The zero-order chi connectivity index (χ0) is 21.5. The number of rotatable bonds is 5. The lowest BCUT2D eigenvalue weighted by Gasteiger charge is -2.12. The number of benzene rings is 3. The number of thiocarbonyl (C=S) groups is 1. The molecular formula is C24H23N3O2S. The van der Waals surface area contributed by atoms with Gasteiger partial charge in [0.15, 0.2) is 5.11 Å². The summed E-state index contributed by atoms with van der Waals surface area (Å²) in [5.41, 5.74) is 4.50. The Labute approximate surface area is 181 Å². The summed E-state index contributed by atoms with van der Waals surface area (Å²) in [6.07, 6.45) is 0.915. The summed E-state index contributed by atoms with van der Waals surface area (Å²) in [7, 11) is 0. The molecule has 0 atom stereocenters. The first-order chi connectivity index (χ1) is 14.5. The fraction of sp³-hybridized carbons (Fsp3) is 0.125. The van der Waals surface area contributed by atoms with Crippen LogP contribution in [0.15, 0.2) is 72.8 Å². The maximum absolute atomic E-state index is 12.5. The average Bonchev–Trinajstić information content (AvgIpc) is 2.74. The number of aryl methyl sites for hydroxylation is 2. The van der Waals surface area contributed by atoms with Crippen LogP contribution in [0, 0.1) is 6.92 Å². The summed E-state index contributed by atoms with van der Waals surface area (Å²) in [6.45, 7) is 3.95. The van der Waals surface area contributed by atoms with Crippen molar-refractivity contribution in [3.63, 3.8) is 0 Å². The van der Waals surface area contributed by atoms with E-state index in [4.69, 9.17) is 12.2 Å². The van der Waals surface area contributed by atoms with Gasteiger partial charge in [0.1, 0.15) is 0 Å². The molecule has 3 rings (SSSR count). The minimum absolute atomic E-state index is 0.182. The minimum atomic E-state index is -0.279. The van der Waals surface area contributed by atoms with Gasteiger partial charge in [-0.05, 0) is 73.1 Å². The molecule has 0 heterocycles. The molecule has 0 aliphatic carbocycles. The first kappa shape index (κ1) is 21.2. The first-order valence-corrected chi connectivity index (χ1v) is 10.1. The molecule has 2 amide bonds.